The van der Waals surface area contributed by atoms with Gasteiger partial charge < -0.3 is 14.4 Å². The van der Waals surface area contributed by atoms with Crippen molar-refractivity contribution in [1.82, 2.24) is 4.90 Å². The first-order valence-electron chi connectivity index (χ1n) is 8.72. The molecule has 0 aromatic heterocycles. The normalized spacial score (nSPS) is 10.3. The van der Waals surface area contributed by atoms with Crippen molar-refractivity contribution in [2.24, 2.45) is 0 Å². The van der Waals surface area contributed by atoms with Crippen LogP contribution in [-0.4, -0.2) is 37.0 Å². The highest BCUT2D eigenvalue weighted by Gasteiger charge is 2.13. The Hall–Kier alpha value is -2.82. The summed E-state index contributed by atoms with van der Waals surface area (Å²) in [6.45, 7) is 6.69. The first kappa shape index (κ1) is 19.5. The molecule has 0 aliphatic carbocycles. The van der Waals surface area contributed by atoms with Gasteiger partial charge in [-0.25, -0.2) is 0 Å². The van der Waals surface area contributed by atoms with Gasteiger partial charge in [-0.3, -0.25) is 9.59 Å². The molecule has 1 amide bonds. The van der Waals surface area contributed by atoms with Crippen molar-refractivity contribution < 1.29 is 19.1 Å². The lowest BCUT2D eigenvalue weighted by atomic mass is 10.0. The number of ether oxygens (including phenoxy) is 2. The Morgan fingerprint density at radius 3 is 2.19 bits per heavy atom. The predicted molar refractivity (Wildman–Crippen MR) is 101 cm³/mol. The molecule has 0 spiro atoms. The summed E-state index contributed by atoms with van der Waals surface area (Å²) in [7, 11) is 1.60. The van der Waals surface area contributed by atoms with Crippen LogP contribution in [0.4, 0.5) is 0 Å². The molecule has 0 saturated heterocycles. The summed E-state index contributed by atoms with van der Waals surface area (Å²) < 4.78 is 10.5. The molecule has 5 heteroatoms. The molecular weight excluding hydrogens is 330 g/mol. The molecule has 0 saturated carbocycles. The molecule has 0 atom stereocenters. The largest absolute Gasteiger partial charge is 0.497 e. The maximum Gasteiger partial charge on any atom is 0.308 e. The van der Waals surface area contributed by atoms with Crippen LogP contribution in [0, 0.1) is 0 Å². The molecule has 0 heterocycles. The minimum atomic E-state index is -0.364. The minimum absolute atomic E-state index is 0.0310. The number of hydrogen-bond acceptors (Lipinski definition) is 4. The zero-order chi connectivity index (χ0) is 19.1. The maximum absolute atomic E-state index is 12.4. The third kappa shape index (κ3) is 4.85. The Balaban J connectivity index is 2.23. The van der Waals surface area contributed by atoms with Gasteiger partial charge in [-0.2, -0.15) is 0 Å². The van der Waals surface area contributed by atoms with Gasteiger partial charge in [0, 0.05) is 37.6 Å². The molecule has 0 fully saturated rings. The quantitative estimate of drug-likeness (QED) is 0.561. The molecule has 0 unspecified atom stereocenters. The molecule has 2 aromatic rings. The highest BCUT2D eigenvalue weighted by Crippen LogP contribution is 2.27. The fourth-order valence-corrected chi connectivity index (χ4v) is 2.75. The molecular formula is C21H25NO4. The van der Waals surface area contributed by atoms with Crippen LogP contribution in [0.3, 0.4) is 0 Å². The lowest BCUT2D eigenvalue weighted by molar-refractivity contribution is -0.131. The van der Waals surface area contributed by atoms with Crippen LogP contribution in [0.1, 0.15) is 42.3 Å². The van der Waals surface area contributed by atoms with Gasteiger partial charge in [0.25, 0.3) is 5.91 Å². The molecule has 0 aliphatic rings. The second kappa shape index (κ2) is 9.04. The fraction of sp³-hybridized carbons (Fsp3) is 0.333. The monoisotopic (exact) mass is 355 g/mol. The number of carbonyl (C=O) groups is 2. The van der Waals surface area contributed by atoms with E-state index in [-0.39, 0.29) is 11.9 Å². The van der Waals surface area contributed by atoms with Gasteiger partial charge in [0.1, 0.15) is 11.5 Å². The summed E-state index contributed by atoms with van der Waals surface area (Å²) in [4.78, 5) is 25.5. The number of carbonyl (C=O) groups excluding carboxylic acids is 2. The van der Waals surface area contributed by atoms with Crippen molar-refractivity contribution in [3.63, 3.8) is 0 Å². The van der Waals surface area contributed by atoms with E-state index in [0.29, 0.717) is 36.6 Å². The molecule has 2 rings (SSSR count). The van der Waals surface area contributed by atoms with Crippen molar-refractivity contribution in [2.75, 3.05) is 20.2 Å². The molecule has 0 radical (unpaired) electrons. The predicted octanol–water partition coefficient (Wildman–Crippen LogP) is 3.69. The standard InChI is InChI=1S/C21H25NO4/c1-5-22(6-2)21(24)17-9-7-16(8-10-17)13-18-14-19(25-4)11-12-20(18)26-15(3)23/h7-12,14H,5-6,13H2,1-4H3. The van der Waals surface area contributed by atoms with E-state index in [9.17, 15) is 9.59 Å². The second-order valence-corrected chi connectivity index (χ2v) is 5.92. The summed E-state index contributed by atoms with van der Waals surface area (Å²) in [6, 6.07) is 12.9. The van der Waals surface area contributed by atoms with Crippen LogP contribution in [0.5, 0.6) is 11.5 Å². The lowest BCUT2D eigenvalue weighted by Crippen LogP contribution is -2.30. The minimum Gasteiger partial charge on any atom is -0.497 e. The molecule has 0 N–H and O–H groups in total. The Morgan fingerprint density at radius 1 is 1.00 bits per heavy atom. The first-order chi connectivity index (χ1) is 12.5. The number of esters is 1. The fourth-order valence-electron chi connectivity index (χ4n) is 2.75. The van der Waals surface area contributed by atoms with Crippen LogP contribution >= 0.6 is 0 Å². The summed E-state index contributed by atoms with van der Waals surface area (Å²) in [5, 5.41) is 0. The van der Waals surface area contributed by atoms with Gasteiger partial charge in [0.15, 0.2) is 0 Å². The average Bonchev–Trinajstić information content (AvgIpc) is 2.64. The molecule has 26 heavy (non-hydrogen) atoms. The van der Waals surface area contributed by atoms with E-state index in [1.807, 2.05) is 44.2 Å². The summed E-state index contributed by atoms with van der Waals surface area (Å²) in [6.07, 6.45) is 0.569. The third-order valence-electron chi connectivity index (χ3n) is 4.17. The van der Waals surface area contributed by atoms with Crippen LogP contribution < -0.4 is 9.47 Å². The Labute approximate surface area is 154 Å². The number of benzene rings is 2. The van der Waals surface area contributed by atoms with Gasteiger partial charge in [-0.05, 0) is 49.7 Å². The van der Waals surface area contributed by atoms with Crippen molar-refractivity contribution in [3.05, 3.63) is 59.2 Å². The second-order valence-electron chi connectivity index (χ2n) is 5.92. The molecule has 0 aliphatic heterocycles. The molecule has 2 aromatic carbocycles. The van der Waals surface area contributed by atoms with Gasteiger partial charge in [0.05, 0.1) is 7.11 Å². The Kier molecular flexibility index (Phi) is 6.78. The van der Waals surface area contributed by atoms with E-state index in [2.05, 4.69) is 0 Å². The van der Waals surface area contributed by atoms with Gasteiger partial charge in [0.2, 0.25) is 0 Å². The molecule has 138 valence electrons. The van der Waals surface area contributed by atoms with Crippen molar-refractivity contribution in [3.8, 4) is 11.5 Å². The van der Waals surface area contributed by atoms with Crippen molar-refractivity contribution >= 4 is 11.9 Å². The SMILES string of the molecule is CCN(CC)C(=O)c1ccc(Cc2cc(OC)ccc2OC(C)=O)cc1. The first-order valence-corrected chi connectivity index (χ1v) is 8.72. The number of hydrogen-bond donors (Lipinski definition) is 0. The number of amides is 1. The highest BCUT2D eigenvalue weighted by molar-refractivity contribution is 5.94. The van der Waals surface area contributed by atoms with E-state index < -0.39 is 0 Å². The number of nitrogens with zero attached hydrogens (tertiary/aromatic N) is 1. The smallest absolute Gasteiger partial charge is 0.308 e. The van der Waals surface area contributed by atoms with Gasteiger partial charge >= 0.3 is 5.97 Å². The van der Waals surface area contributed by atoms with Gasteiger partial charge in [-0.1, -0.05) is 12.1 Å². The number of methoxy groups -OCH3 is 1. The summed E-state index contributed by atoms with van der Waals surface area (Å²) >= 11 is 0. The van der Waals surface area contributed by atoms with E-state index >= 15 is 0 Å². The van der Waals surface area contributed by atoms with E-state index in [0.717, 1.165) is 11.1 Å². The summed E-state index contributed by atoms with van der Waals surface area (Å²) in [5.41, 5.74) is 2.54. The average molecular weight is 355 g/mol. The van der Waals surface area contributed by atoms with Crippen molar-refractivity contribution in [1.29, 1.82) is 0 Å². The Bertz CT molecular complexity index is 764. The van der Waals surface area contributed by atoms with Crippen LogP contribution in [0.25, 0.3) is 0 Å². The van der Waals surface area contributed by atoms with E-state index in [1.54, 1.807) is 24.1 Å². The van der Waals surface area contributed by atoms with Gasteiger partial charge in [-0.15, -0.1) is 0 Å². The highest BCUT2D eigenvalue weighted by atomic mass is 16.5. The topological polar surface area (TPSA) is 55.8 Å². The number of rotatable bonds is 7. The van der Waals surface area contributed by atoms with Crippen LogP contribution in [-0.2, 0) is 11.2 Å². The maximum atomic E-state index is 12.4. The Morgan fingerprint density at radius 2 is 1.65 bits per heavy atom. The van der Waals surface area contributed by atoms with Crippen LogP contribution in [0.2, 0.25) is 0 Å². The summed E-state index contributed by atoms with van der Waals surface area (Å²) in [5.74, 6) is 0.881. The third-order valence-corrected chi connectivity index (χ3v) is 4.17. The van der Waals surface area contributed by atoms with E-state index in [4.69, 9.17) is 9.47 Å². The zero-order valence-corrected chi connectivity index (χ0v) is 15.7. The lowest BCUT2D eigenvalue weighted by Gasteiger charge is -2.18. The van der Waals surface area contributed by atoms with E-state index in [1.165, 1.54) is 6.92 Å². The molecule has 5 nitrogen and oxygen atoms in total. The molecule has 0 bridgehead atoms. The zero-order valence-electron chi connectivity index (χ0n) is 15.7. The van der Waals surface area contributed by atoms with Crippen molar-refractivity contribution in [2.45, 2.75) is 27.2 Å². The van der Waals surface area contributed by atoms with Crippen LogP contribution in [0.15, 0.2) is 42.5 Å².